The van der Waals surface area contributed by atoms with Crippen LogP contribution in [0, 0.1) is 0 Å². The van der Waals surface area contributed by atoms with Gasteiger partial charge in [-0.3, -0.25) is 0 Å². The highest BCUT2D eigenvalue weighted by atomic mass is 16.5. The van der Waals surface area contributed by atoms with Crippen molar-refractivity contribution in [2.45, 2.75) is 0 Å². The molecule has 0 aliphatic carbocycles. The lowest BCUT2D eigenvalue weighted by atomic mass is 10.3. The standard InChI is InChI=1S/C11H8O4/c12-8-3-1-4-9(7-8)15-11(13)10-5-2-6-14-10/h1-7,12H. The molecule has 1 N–H and O–H groups in total. The second kappa shape index (κ2) is 3.88. The highest BCUT2D eigenvalue weighted by Gasteiger charge is 2.11. The van der Waals surface area contributed by atoms with E-state index in [0.717, 1.165) is 0 Å². The molecule has 0 fully saturated rings. The molecule has 1 aromatic carbocycles. The second-order valence-electron chi connectivity index (χ2n) is 2.86. The number of esters is 1. The van der Waals surface area contributed by atoms with Crippen LogP contribution in [0.2, 0.25) is 0 Å². The van der Waals surface area contributed by atoms with Crippen LogP contribution in [0.25, 0.3) is 0 Å². The Morgan fingerprint density at radius 3 is 2.80 bits per heavy atom. The van der Waals surface area contributed by atoms with Gasteiger partial charge in [0.25, 0.3) is 0 Å². The Labute approximate surface area is 85.7 Å². The van der Waals surface area contributed by atoms with E-state index in [-0.39, 0.29) is 17.3 Å². The Bertz CT molecular complexity index is 459. The zero-order chi connectivity index (χ0) is 10.7. The fraction of sp³-hybridized carbons (Fsp3) is 0. The van der Waals surface area contributed by atoms with Crippen LogP contribution >= 0.6 is 0 Å². The summed E-state index contributed by atoms with van der Waals surface area (Å²) in [5.41, 5.74) is 0. The van der Waals surface area contributed by atoms with Crippen molar-refractivity contribution >= 4 is 5.97 Å². The molecule has 2 aromatic rings. The highest BCUT2D eigenvalue weighted by molar-refractivity contribution is 5.88. The summed E-state index contributed by atoms with van der Waals surface area (Å²) in [5.74, 6) is -0.153. The fourth-order valence-corrected chi connectivity index (χ4v) is 1.10. The van der Waals surface area contributed by atoms with Crippen LogP contribution in [0.5, 0.6) is 11.5 Å². The van der Waals surface area contributed by atoms with Gasteiger partial charge in [0, 0.05) is 6.07 Å². The van der Waals surface area contributed by atoms with E-state index in [1.807, 2.05) is 0 Å². The number of phenols is 1. The molecule has 0 saturated heterocycles. The summed E-state index contributed by atoms with van der Waals surface area (Å²) in [6.45, 7) is 0. The zero-order valence-corrected chi connectivity index (χ0v) is 7.71. The number of phenolic OH excluding ortho intramolecular Hbond substituents is 1. The molecule has 1 heterocycles. The molecule has 0 unspecified atom stereocenters. The van der Waals surface area contributed by atoms with Gasteiger partial charge in [-0.2, -0.15) is 0 Å². The topological polar surface area (TPSA) is 59.7 Å². The van der Waals surface area contributed by atoms with Crippen LogP contribution in [0.15, 0.2) is 47.1 Å². The van der Waals surface area contributed by atoms with Crippen molar-refractivity contribution in [3.63, 3.8) is 0 Å². The first-order valence-corrected chi connectivity index (χ1v) is 4.30. The first-order valence-electron chi connectivity index (χ1n) is 4.30. The van der Waals surface area contributed by atoms with Crippen LogP contribution < -0.4 is 4.74 Å². The van der Waals surface area contributed by atoms with Gasteiger partial charge < -0.3 is 14.3 Å². The van der Waals surface area contributed by atoms with E-state index in [2.05, 4.69) is 0 Å². The molecule has 0 bridgehead atoms. The molecule has 0 radical (unpaired) electrons. The summed E-state index contributed by atoms with van der Waals surface area (Å²) in [7, 11) is 0. The molecule has 76 valence electrons. The molecular weight excluding hydrogens is 196 g/mol. The van der Waals surface area contributed by atoms with Crippen LogP contribution in [-0.4, -0.2) is 11.1 Å². The van der Waals surface area contributed by atoms with Gasteiger partial charge in [-0.15, -0.1) is 0 Å². The quantitative estimate of drug-likeness (QED) is 0.601. The Kier molecular flexibility index (Phi) is 2.41. The van der Waals surface area contributed by atoms with Crippen LogP contribution in [0.4, 0.5) is 0 Å². The first-order chi connectivity index (χ1) is 7.25. The van der Waals surface area contributed by atoms with Gasteiger partial charge in [-0.25, -0.2) is 4.79 Å². The number of aromatic hydroxyl groups is 1. The number of benzene rings is 1. The summed E-state index contributed by atoms with van der Waals surface area (Å²) in [5, 5.41) is 9.14. The molecule has 0 aliphatic rings. The molecule has 0 saturated carbocycles. The Balaban J connectivity index is 2.13. The predicted octanol–water partition coefficient (Wildman–Crippen LogP) is 2.20. The number of hydrogen-bond acceptors (Lipinski definition) is 4. The van der Waals surface area contributed by atoms with Gasteiger partial charge in [0.15, 0.2) is 0 Å². The van der Waals surface area contributed by atoms with Gasteiger partial charge in [-0.1, -0.05) is 6.07 Å². The predicted molar refractivity (Wildman–Crippen MR) is 51.8 cm³/mol. The van der Waals surface area contributed by atoms with E-state index < -0.39 is 5.97 Å². The fourth-order valence-electron chi connectivity index (χ4n) is 1.10. The normalized spacial score (nSPS) is 9.87. The summed E-state index contributed by atoms with van der Waals surface area (Å²) < 4.78 is 9.81. The second-order valence-corrected chi connectivity index (χ2v) is 2.86. The van der Waals surface area contributed by atoms with Crippen molar-refractivity contribution in [2.75, 3.05) is 0 Å². The van der Waals surface area contributed by atoms with Crippen LogP contribution in [0.3, 0.4) is 0 Å². The lowest BCUT2D eigenvalue weighted by Crippen LogP contribution is -2.06. The van der Waals surface area contributed by atoms with E-state index in [1.165, 1.54) is 24.5 Å². The number of carbonyl (C=O) groups is 1. The molecule has 4 nitrogen and oxygen atoms in total. The van der Waals surface area contributed by atoms with Crippen molar-refractivity contribution in [1.29, 1.82) is 0 Å². The number of rotatable bonds is 2. The SMILES string of the molecule is O=C(Oc1cccc(O)c1)c1ccco1. The maximum Gasteiger partial charge on any atom is 0.379 e. The third-order valence-corrected chi connectivity index (χ3v) is 1.75. The van der Waals surface area contributed by atoms with E-state index >= 15 is 0 Å². The van der Waals surface area contributed by atoms with Crippen molar-refractivity contribution in [3.8, 4) is 11.5 Å². The van der Waals surface area contributed by atoms with Crippen molar-refractivity contribution in [3.05, 3.63) is 48.4 Å². The van der Waals surface area contributed by atoms with Crippen molar-refractivity contribution < 1.29 is 19.1 Å². The number of hydrogen-bond donors (Lipinski definition) is 1. The number of carbonyl (C=O) groups excluding carboxylic acids is 1. The van der Waals surface area contributed by atoms with Gasteiger partial charge in [0.1, 0.15) is 11.5 Å². The van der Waals surface area contributed by atoms with E-state index in [4.69, 9.17) is 14.3 Å². The number of ether oxygens (including phenoxy) is 1. The Hall–Kier alpha value is -2.23. The maximum absolute atomic E-state index is 11.4. The molecule has 15 heavy (non-hydrogen) atoms. The van der Waals surface area contributed by atoms with Gasteiger partial charge >= 0.3 is 5.97 Å². The average molecular weight is 204 g/mol. The molecule has 4 heteroatoms. The maximum atomic E-state index is 11.4. The lowest BCUT2D eigenvalue weighted by Gasteiger charge is -2.01. The average Bonchev–Trinajstić information content (AvgIpc) is 2.70. The third kappa shape index (κ3) is 2.17. The highest BCUT2D eigenvalue weighted by Crippen LogP contribution is 2.18. The largest absolute Gasteiger partial charge is 0.508 e. The smallest absolute Gasteiger partial charge is 0.379 e. The van der Waals surface area contributed by atoms with Gasteiger partial charge in [0.2, 0.25) is 5.76 Å². The number of furan rings is 1. The minimum Gasteiger partial charge on any atom is -0.508 e. The van der Waals surface area contributed by atoms with Gasteiger partial charge in [0.05, 0.1) is 6.26 Å². The van der Waals surface area contributed by atoms with Crippen molar-refractivity contribution in [1.82, 2.24) is 0 Å². The molecule has 0 spiro atoms. The molecule has 0 aliphatic heterocycles. The zero-order valence-electron chi connectivity index (χ0n) is 7.71. The Morgan fingerprint density at radius 2 is 2.13 bits per heavy atom. The van der Waals surface area contributed by atoms with E-state index in [9.17, 15) is 4.79 Å². The molecule has 0 atom stereocenters. The molecule has 0 amide bonds. The van der Waals surface area contributed by atoms with Crippen LogP contribution in [-0.2, 0) is 0 Å². The van der Waals surface area contributed by atoms with E-state index in [0.29, 0.717) is 0 Å². The molecular formula is C11H8O4. The summed E-state index contributed by atoms with van der Waals surface area (Å²) >= 11 is 0. The molecule has 2 rings (SSSR count). The third-order valence-electron chi connectivity index (χ3n) is 1.75. The summed E-state index contributed by atoms with van der Waals surface area (Å²) in [6.07, 6.45) is 1.39. The summed E-state index contributed by atoms with van der Waals surface area (Å²) in [6, 6.07) is 9.09. The monoisotopic (exact) mass is 204 g/mol. The van der Waals surface area contributed by atoms with Gasteiger partial charge in [-0.05, 0) is 24.3 Å². The molecule has 1 aromatic heterocycles. The van der Waals surface area contributed by atoms with E-state index in [1.54, 1.807) is 18.2 Å². The van der Waals surface area contributed by atoms with Crippen molar-refractivity contribution in [2.24, 2.45) is 0 Å². The van der Waals surface area contributed by atoms with Crippen LogP contribution in [0.1, 0.15) is 10.6 Å². The lowest BCUT2D eigenvalue weighted by molar-refractivity contribution is 0.0701. The minimum atomic E-state index is -0.592. The summed E-state index contributed by atoms with van der Waals surface area (Å²) in [4.78, 5) is 11.4. The minimum absolute atomic E-state index is 0.0414. The first kappa shape index (κ1) is 9.33. The Morgan fingerprint density at radius 1 is 1.27 bits per heavy atom.